The molecule has 2 unspecified atom stereocenters. The van der Waals surface area contributed by atoms with Crippen molar-refractivity contribution >= 4 is 17.0 Å². The lowest BCUT2D eigenvalue weighted by Crippen LogP contribution is -2.48. The summed E-state index contributed by atoms with van der Waals surface area (Å²) >= 11 is 0. The topological polar surface area (TPSA) is 87.2 Å². The minimum atomic E-state index is -0.179. The van der Waals surface area contributed by atoms with Gasteiger partial charge in [0.15, 0.2) is 11.5 Å². The molecule has 18 heavy (non-hydrogen) atoms. The molecule has 1 aliphatic heterocycles. The van der Waals surface area contributed by atoms with E-state index in [0.29, 0.717) is 12.2 Å². The molecule has 2 atom stereocenters. The highest BCUT2D eigenvalue weighted by Gasteiger charge is 2.27. The van der Waals surface area contributed by atoms with Crippen molar-refractivity contribution in [1.82, 2.24) is 19.9 Å². The van der Waals surface area contributed by atoms with E-state index >= 15 is 0 Å². The van der Waals surface area contributed by atoms with Crippen molar-refractivity contribution in [3.05, 3.63) is 12.7 Å². The molecule has 7 heteroatoms. The summed E-state index contributed by atoms with van der Waals surface area (Å²) in [6, 6.07) is 0. The molecule has 0 amide bonds. The number of aromatic nitrogens is 4. The molecule has 0 aromatic carbocycles. The average molecular weight is 249 g/mol. The minimum Gasteiger partial charge on any atom is -0.394 e. The summed E-state index contributed by atoms with van der Waals surface area (Å²) in [4.78, 5) is 17.7. The Kier molecular flexibility index (Phi) is 2.85. The van der Waals surface area contributed by atoms with Crippen LogP contribution in [0.5, 0.6) is 0 Å². The number of H-pyrrole nitrogens is 1. The van der Waals surface area contributed by atoms with Gasteiger partial charge in [0.2, 0.25) is 0 Å². The third kappa shape index (κ3) is 1.91. The Hall–Kier alpha value is -1.73. The molecule has 0 aliphatic carbocycles. The summed E-state index contributed by atoms with van der Waals surface area (Å²) in [6.07, 6.45) is 2.99. The van der Waals surface area contributed by atoms with Crippen molar-refractivity contribution in [3.8, 4) is 0 Å². The van der Waals surface area contributed by atoms with Crippen molar-refractivity contribution in [2.45, 2.75) is 19.1 Å². The van der Waals surface area contributed by atoms with Crippen LogP contribution in [0.3, 0.4) is 0 Å². The summed E-state index contributed by atoms with van der Waals surface area (Å²) in [5, 5.41) is 9.24. The van der Waals surface area contributed by atoms with E-state index in [2.05, 4.69) is 24.8 Å². The SMILES string of the molecule is CC1CN(c2ncnc3nc[nH]c23)CC(CO)O1. The summed E-state index contributed by atoms with van der Waals surface area (Å²) < 4.78 is 5.62. The number of hydrogen-bond donors (Lipinski definition) is 2. The molecular weight excluding hydrogens is 234 g/mol. The molecule has 1 aliphatic rings. The largest absolute Gasteiger partial charge is 0.394 e. The van der Waals surface area contributed by atoms with Crippen LogP contribution in [0.25, 0.3) is 11.2 Å². The normalized spacial score (nSPS) is 24.7. The Morgan fingerprint density at radius 2 is 2.33 bits per heavy atom. The number of hydrogen-bond acceptors (Lipinski definition) is 6. The van der Waals surface area contributed by atoms with Gasteiger partial charge in [-0.1, -0.05) is 0 Å². The zero-order valence-corrected chi connectivity index (χ0v) is 10.1. The van der Waals surface area contributed by atoms with Gasteiger partial charge in [-0.2, -0.15) is 0 Å². The lowest BCUT2D eigenvalue weighted by Gasteiger charge is -2.36. The van der Waals surface area contributed by atoms with Crippen molar-refractivity contribution in [2.75, 3.05) is 24.6 Å². The van der Waals surface area contributed by atoms with E-state index in [1.807, 2.05) is 6.92 Å². The Morgan fingerprint density at radius 1 is 1.44 bits per heavy atom. The maximum absolute atomic E-state index is 9.24. The van der Waals surface area contributed by atoms with Gasteiger partial charge < -0.3 is 19.7 Å². The van der Waals surface area contributed by atoms with Crippen molar-refractivity contribution in [2.24, 2.45) is 0 Å². The second-order valence-electron chi connectivity index (χ2n) is 4.45. The van der Waals surface area contributed by atoms with Crippen LogP contribution in [0.15, 0.2) is 12.7 Å². The smallest absolute Gasteiger partial charge is 0.182 e. The van der Waals surface area contributed by atoms with Gasteiger partial charge in [-0.15, -0.1) is 0 Å². The molecular formula is C11H15N5O2. The summed E-state index contributed by atoms with van der Waals surface area (Å²) in [6.45, 7) is 3.35. The number of fused-ring (bicyclic) bond motifs is 1. The van der Waals surface area contributed by atoms with Crippen LogP contribution < -0.4 is 4.90 Å². The molecule has 2 aromatic heterocycles. The first-order valence-corrected chi connectivity index (χ1v) is 5.93. The van der Waals surface area contributed by atoms with E-state index in [1.165, 1.54) is 6.33 Å². The molecule has 1 saturated heterocycles. The van der Waals surface area contributed by atoms with E-state index in [1.54, 1.807) is 6.33 Å². The number of anilines is 1. The Morgan fingerprint density at radius 3 is 3.17 bits per heavy atom. The van der Waals surface area contributed by atoms with Gasteiger partial charge in [-0.3, -0.25) is 0 Å². The van der Waals surface area contributed by atoms with Gasteiger partial charge in [0.25, 0.3) is 0 Å². The number of rotatable bonds is 2. The zero-order chi connectivity index (χ0) is 12.5. The number of morpholine rings is 1. The lowest BCUT2D eigenvalue weighted by molar-refractivity contribution is -0.0422. The monoisotopic (exact) mass is 249 g/mol. The van der Waals surface area contributed by atoms with Gasteiger partial charge in [-0.05, 0) is 6.92 Å². The number of nitrogens with one attached hydrogen (secondary N) is 1. The van der Waals surface area contributed by atoms with Crippen LogP contribution in [0.1, 0.15) is 6.92 Å². The fraction of sp³-hybridized carbons (Fsp3) is 0.545. The number of aromatic amines is 1. The summed E-state index contributed by atoms with van der Waals surface area (Å²) in [5.41, 5.74) is 1.47. The van der Waals surface area contributed by atoms with Crippen LogP contribution >= 0.6 is 0 Å². The molecule has 0 spiro atoms. The molecule has 96 valence electrons. The molecule has 0 saturated carbocycles. The highest BCUT2D eigenvalue weighted by molar-refractivity contribution is 5.82. The fourth-order valence-corrected chi connectivity index (χ4v) is 2.31. The number of aliphatic hydroxyl groups excluding tert-OH is 1. The van der Waals surface area contributed by atoms with Gasteiger partial charge in [0.05, 0.1) is 25.1 Å². The average Bonchev–Trinajstić information content (AvgIpc) is 2.85. The number of aliphatic hydroxyl groups is 1. The first kappa shape index (κ1) is 11.4. The van der Waals surface area contributed by atoms with E-state index in [0.717, 1.165) is 17.9 Å². The van der Waals surface area contributed by atoms with Crippen molar-refractivity contribution < 1.29 is 9.84 Å². The zero-order valence-electron chi connectivity index (χ0n) is 10.1. The third-order valence-electron chi connectivity index (χ3n) is 3.03. The summed E-state index contributed by atoms with van der Waals surface area (Å²) in [5.74, 6) is 0.811. The lowest BCUT2D eigenvalue weighted by atomic mass is 10.2. The second-order valence-corrected chi connectivity index (χ2v) is 4.45. The molecule has 0 radical (unpaired) electrons. The Labute approximate surface area is 104 Å². The van der Waals surface area contributed by atoms with Crippen molar-refractivity contribution in [3.63, 3.8) is 0 Å². The van der Waals surface area contributed by atoms with E-state index in [4.69, 9.17) is 4.74 Å². The molecule has 3 heterocycles. The molecule has 7 nitrogen and oxygen atoms in total. The third-order valence-corrected chi connectivity index (χ3v) is 3.03. The number of ether oxygens (including phenoxy) is 1. The van der Waals surface area contributed by atoms with E-state index in [-0.39, 0.29) is 18.8 Å². The van der Waals surface area contributed by atoms with Gasteiger partial charge >= 0.3 is 0 Å². The van der Waals surface area contributed by atoms with Crippen LogP contribution in [0, 0.1) is 0 Å². The van der Waals surface area contributed by atoms with Crippen LogP contribution in [-0.4, -0.2) is 56.9 Å². The predicted molar refractivity (Wildman–Crippen MR) is 65.3 cm³/mol. The molecule has 2 N–H and O–H groups in total. The maximum Gasteiger partial charge on any atom is 0.182 e. The predicted octanol–water partition coefficient (Wildman–Crippen LogP) is -0.0611. The quantitative estimate of drug-likeness (QED) is 0.775. The van der Waals surface area contributed by atoms with Crippen LogP contribution in [0.2, 0.25) is 0 Å². The first-order chi connectivity index (χ1) is 8.78. The summed E-state index contributed by atoms with van der Waals surface area (Å²) in [7, 11) is 0. The second kappa shape index (κ2) is 4.51. The number of imidazole rings is 1. The minimum absolute atomic E-state index is 0.0119. The van der Waals surface area contributed by atoms with Gasteiger partial charge in [0.1, 0.15) is 11.8 Å². The Balaban J connectivity index is 1.96. The van der Waals surface area contributed by atoms with Gasteiger partial charge in [0, 0.05) is 13.1 Å². The highest BCUT2D eigenvalue weighted by atomic mass is 16.5. The maximum atomic E-state index is 9.24. The standard InChI is InChI=1S/C11H15N5O2/c1-7-2-16(3-8(4-17)18-7)11-9-10(13-5-12-9)14-6-15-11/h5-8,17H,2-4H2,1H3,(H,12,13,14,15). The fourth-order valence-electron chi connectivity index (χ4n) is 2.31. The molecule has 0 bridgehead atoms. The van der Waals surface area contributed by atoms with Crippen LogP contribution in [-0.2, 0) is 4.74 Å². The molecule has 2 aromatic rings. The first-order valence-electron chi connectivity index (χ1n) is 5.93. The van der Waals surface area contributed by atoms with Gasteiger partial charge in [-0.25, -0.2) is 15.0 Å². The molecule has 3 rings (SSSR count). The van der Waals surface area contributed by atoms with E-state index < -0.39 is 0 Å². The Bertz CT molecular complexity index is 543. The van der Waals surface area contributed by atoms with Crippen LogP contribution in [0.4, 0.5) is 5.82 Å². The van der Waals surface area contributed by atoms with Crippen molar-refractivity contribution in [1.29, 1.82) is 0 Å². The van der Waals surface area contributed by atoms with E-state index in [9.17, 15) is 5.11 Å². The number of nitrogens with zero attached hydrogens (tertiary/aromatic N) is 4. The highest BCUT2D eigenvalue weighted by Crippen LogP contribution is 2.23. The molecule has 1 fully saturated rings.